The zero-order chi connectivity index (χ0) is 15.9. The minimum Gasteiger partial charge on any atom is -0.461 e. The molecule has 0 heterocycles. The van der Waals surface area contributed by atoms with Gasteiger partial charge < -0.3 is 15.2 Å². The molecule has 116 valence electrons. The van der Waals surface area contributed by atoms with E-state index in [1.165, 1.54) is 5.32 Å². The number of halogens is 3. The van der Waals surface area contributed by atoms with Gasteiger partial charge in [0, 0.05) is 0 Å². The second-order valence-corrected chi connectivity index (χ2v) is 4.20. The topological polar surface area (TPSA) is 75.6 Å². The summed E-state index contributed by atoms with van der Waals surface area (Å²) in [6, 6.07) is 7.33. The zero-order valence-electron chi connectivity index (χ0n) is 10.9. The van der Waals surface area contributed by atoms with Crippen LogP contribution in [-0.4, -0.2) is 35.8 Å². The number of rotatable bonds is 6. The second kappa shape index (κ2) is 7.63. The van der Waals surface area contributed by atoms with Crippen LogP contribution in [0.25, 0.3) is 0 Å². The summed E-state index contributed by atoms with van der Waals surface area (Å²) in [6.45, 7) is -0.840. The summed E-state index contributed by atoms with van der Waals surface area (Å²) in [6.07, 6.45) is -5.62. The number of ether oxygens (including phenoxy) is 1. The number of carbonyl (C=O) groups excluding carboxylic acids is 2. The van der Waals surface area contributed by atoms with Crippen molar-refractivity contribution in [2.75, 3.05) is 6.61 Å². The number of aliphatic hydroxyl groups excluding tert-OH is 1. The van der Waals surface area contributed by atoms with Crippen LogP contribution in [0.5, 0.6) is 0 Å². The lowest BCUT2D eigenvalue weighted by Gasteiger charge is -2.16. The van der Waals surface area contributed by atoms with Gasteiger partial charge in [-0.25, -0.2) is 0 Å². The molecule has 1 amide bonds. The van der Waals surface area contributed by atoms with Crippen molar-refractivity contribution in [1.82, 2.24) is 5.32 Å². The number of nitrogens with one attached hydrogen (secondary N) is 1. The van der Waals surface area contributed by atoms with Crippen LogP contribution in [-0.2, 0) is 20.9 Å². The number of aliphatic hydroxyl groups is 1. The molecule has 0 aliphatic carbocycles. The van der Waals surface area contributed by atoms with Crippen molar-refractivity contribution in [3.8, 4) is 0 Å². The first-order valence-corrected chi connectivity index (χ1v) is 6.01. The Bertz CT molecular complexity index is 476. The largest absolute Gasteiger partial charge is 0.471 e. The highest BCUT2D eigenvalue weighted by molar-refractivity contribution is 5.82. The third-order valence-electron chi connectivity index (χ3n) is 2.47. The molecule has 8 heteroatoms. The van der Waals surface area contributed by atoms with Gasteiger partial charge in [-0.1, -0.05) is 30.3 Å². The maximum Gasteiger partial charge on any atom is 0.471 e. The fourth-order valence-corrected chi connectivity index (χ4v) is 1.43. The summed E-state index contributed by atoms with van der Waals surface area (Å²) in [5, 5.41) is 10.4. The normalized spacial score (nSPS) is 12.6. The van der Waals surface area contributed by atoms with Gasteiger partial charge in [-0.05, 0) is 5.56 Å². The van der Waals surface area contributed by atoms with E-state index in [2.05, 4.69) is 0 Å². The Morgan fingerprint density at radius 1 is 1.24 bits per heavy atom. The van der Waals surface area contributed by atoms with Crippen LogP contribution in [0.1, 0.15) is 12.0 Å². The summed E-state index contributed by atoms with van der Waals surface area (Å²) in [4.78, 5) is 22.1. The Kier molecular flexibility index (Phi) is 6.16. The fraction of sp³-hybridized carbons (Fsp3) is 0.385. The molecule has 21 heavy (non-hydrogen) atoms. The molecule has 0 saturated carbocycles. The molecule has 2 N–H and O–H groups in total. The van der Waals surface area contributed by atoms with Crippen LogP contribution in [0, 0.1) is 0 Å². The van der Waals surface area contributed by atoms with Gasteiger partial charge in [0.1, 0.15) is 6.61 Å². The van der Waals surface area contributed by atoms with E-state index in [9.17, 15) is 22.8 Å². The van der Waals surface area contributed by atoms with Crippen molar-refractivity contribution in [2.45, 2.75) is 25.2 Å². The number of benzene rings is 1. The van der Waals surface area contributed by atoms with Gasteiger partial charge in [-0.2, -0.15) is 13.2 Å². The second-order valence-electron chi connectivity index (χ2n) is 4.20. The van der Waals surface area contributed by atoms with E-state index in [1.54, 1.807) is 30.3 Å². The van der Waals surface area contributed by atoms with E-state index in [0.717, 1.165) is 0 Å². The summed E-state index contributed by atoms with van der Waals surface area (Å²) < 4.78 is 41.0. The maximum atomic E-state index is 12.0. The molecular formula is C13H14F3NO4. The Labute approximate surface area is 118 Å². The number of carbonyl (C=O) groups is 2. The minimum atomic E-state index is -5.07. The average molecular weight is 305 g/mol. The van der Waals surface area contributed by atoms with E-state index >= 15 is 0 Å². The molecule has 0 radical (unpaired) electrons. The third-order valence-corrected chi connectivity index (χ3v) is 2.47. The van der Waals surface area contributed by atoms with Gasteiger partial charge in [0.2, 0.25) is 0 Å². The number of esters is 1. The lowest BCUT2D eigenvalue weighted by Crippen LogP contribution is -2.45. The molecule has 0 unspecified atom stereocenters. The van der Waals surface area contributed by atoms with Crippen molar-refractivity contribution in [2.24, 2.45) is 0 Å². The van der Waals surface area contributed by atoms with E-state index in [4.69, 9.17) is 9.84 Å². The Hall–Kier alpha value is -2.09. The first-order chi connectivity index (χ1) is 9.82. The van der Waals surface area contributed by atoms with Gasteiger partial charge in [0.25, 0.3) is 0 Å². The molecule has 0 aliphatic rings. The van der Waals surface area contributed by atoms with Crippen LogP contribution in [0.2, 0.25) is 0 Å². The highest BCUT2D eigenvalue weighted by Gasteiger charge is 2.39. The summed E-state index contributed by atoms with van der Waals surface area (Å²) >= 11 is 0. The van der Waals surface area contributed by atoms with E-state index in [0.29, 0.717) is 5.56 Å². The molecule has 0 bridgehead atoms. The average Bonchev–Trinajstić information content (AvgIpc) is 2.44. The number of alkyl halides is 3. The standard InChI is InChI=1S/C13H14F3NO4/c14-13(15,16)12(20)17-10(7-18)6-11(19)21-8-9-4-2-1-3-5-9/h1-5,10,18H,6-8H2,(H,17,20)/t10-/m0/s1. The highest BCUT2D eigenvalue weighted by Crippen LogP contribution is 2.15. The van der Waals surface area contributed by atoms with Crippen LogP contribution >= 0.6 is 0 Å². The number of hydrogen-bond donors (Lipinski definition) is 2. The molecule has 0 fully saturated rings. The lowest BCUT2D eigenvalue weighted by molar-refractivity contribution is -0.175. The van der Waals surface area contributed by atoms with Gasteiger partial charge in [0.05, 0.1) is 19.1 Å². The van der Waals surface area contributed by atoms with Crippen molar-refractivity contribution in [3.63, 3.8) is 0 Å². The smallest absolute Gasteiger partial charge is 0.461 e. The summed E-state index contributed by atoms with van der Waals surface area (Å²) in [5.74, 6) is -3.03. The van der Waals surface area contributed by atoms with Gasteiger partial charge in [-0.15, -0.1) is 0 Å². The van der Waals surface area contributed by atoms with Crippen molar-refractivity contribution >= 4 is 11.9 Å². The Morgan fingerprint density at radius 2 is 1.86 bits per heavy atom. The first-order valence-electron chi connectivity index (χ1n) is 6.01. The maximum absolute atomic E-state index is 12.0. The third kappa shape index (κ3) is 6.26. The summed E-state index contributed by atoms with van der Waals surface area (Å²) in [7, 11) is 0. The Morgan fingerprint density at radius 3 is 2.38 bits per heavy atom. The zero-order valence-corrected chi connectivity index (χ0v) is 10.9. The van der Waals surface area contributed by atoms with Crippen molar-refractivity contribution in [3.05, 3.63) is 35.9 Å². The van der Waals surface area contributed by atoms with Crippen LogP contribution in [0.15, 0.2) is 30.3 Å². The monoisotopic (exact) mass is 305 g/mol. The van der Waals surface area contributed by atoms with Crippen molar-refractivity contribution < 1.29 is 32.6 Å². The van der Waals surface area contributed by atoms with Gasteiger partial charge in [0.15, 0.2) is 0 Å². The van der Waals surface area contributed by atoms with Crippen LogP contribution in [0.3, 0.4) is 0 Å². The molecule has 1 aromatic carbocycles. The van der Waals surface area contributed by atoms with E-state index in [1.807, 2.05) is 0 Å². The lowest BCUT2D eigenvalue weighted by atomic mass is 10.2. The van der Waals surface area contributed by atoms with Gasteiger partial charge >= 0.3 is 18.1 Å². The van der Waals surface area contributed by atoms with E-state index in [-0.39, 0.29) is 6.61 Å². The van der Waals surface area contributed by atoms with Crippen LogP contribution < -0.4 is 5.32 Å². The summed E-state index contributed by atoms with van der Waals surface area (Å²) in [5.41, 5.74) is 0.714. The molecule has 1 aromatic rings. The van der Waals surface area contributed by atoms with E-state index < -0.39 is 37.1 Å². The molecule has 0 aromatic heterocycles. The fourth-order valence-electron chi connectivity index (χ4n) is 1.43. The molecule has 0 aliphatic heterocycles. The quantitative estimate of drug-likeness (QED) is 0.773. The Balaban J connectivity index is 2.42. The molecular weight excluding hydrogens is 291 g/mol. The number of hydrogen-bond acceptors (Lipinski definition) is 4. The predicted octanol–water partition coefficient (Wildman–Crippen LogP) is 1.16. The SMILES string of the molecule is O=C(C[C@@H](CO)NC(=O)C(F)(F)F)OCc1ccccc1. The number of amides is 1. The molecule has 1 atom stereocenters. The minimum absolute atomic E-state index is 0.0367. The molecule has 5 nitrogen and oxygen atoms in total. The molecule has 0 saturated heterocycles. The van der Waals surface area contributed by atoms with Gasteiger partial charge in [-0.3, -0.25) is 9.59 Å². The molecule has 0 spiro atoms. The predicted molar refractivity (Wildman–Crippen MR) is 65.9 cm³/mol. The highest BCUT2D eigenvalue weighted by atomic mass is 19.4. The first kappa shape index (κ1) is 17.0. The molecule has 1 rings (SSSR count). The van der Waals surface area contributed by atoms with Crippen LogP contribution in [0.4, 0.5) is 13.2 Å². The van der Waals surface area contributed by atoms with Crippen molar-refractivity contribution in [1.29, 1.82) is 0 Å².